The van der Waals surface area contributed by atoms with Crippen LogP contribution in [0.2, 0.25) is 0 Å². The highest BCUT2D eigenvalue weighted by Crippen LogP contribution is 2.27. The van der Waals surface area contributed by atoms with Crippen molar-refractivity contribution >= 4 is 31.9 Å². The molecule has 184 valence electrons. The van der Waals surface area contributed by atoms with Crippen LogP contribution in [-0.4, -0.2) is 10.4 Å². The van der Waals surface area contributed by atoms with Crippen molar-refractivity contribution in [1.29, 1.82) is 0 Å². The minimum absolute atomic E-state index is 0.0982. The molecule has 0 spiro atoms. The second-order valence-electron chi connectivity index (χ2n) is 10.6. The van der Waals surface area contributed by atoms with E-state index in [1.807, 2.05) is 0 Å². The molecule has 0 aliphatic rings. The van der Waals surface area contributed by atoms with Crippen LogP contribution in [0.15, 0.2) is 36.4 Å². The van der Waals surface area contributed by atoms with Gasteiger partial charge in [-0.3, -0.25) is 0 Å². The second-order valence-corrected chi connectivity index (χ2v) is 12.1. The van der Waals surface area contributed by atoms with Crippen LogP contribution >= 0.6 is 31.9 Å². The lowest BCUT2D eigenvalue weighted by Gasteiger charge is -2.23. The molecule has 0 bridgehead atoms. The average molecular weight is 584 g/mol. The Bertz CT molecular complexity index is 823. The Balaban J connectivity index is 1.92. The van der Waals surface area contributed by atoms with Gasteiger partial charge in [-0.2, -0.15) is 0 Å². The smallest absolute Gasteiger partial charge is 0.219 e. The van der Waals surface area contributed by atoms with E-state index in [1.54, 1.807) is 0 Å². The Kier molecular flexibility index (Phi) is 10.6. The quantitative estimate of drug-likeness (QED) is 0.207. The zero-order chi connectivity index (χ0) is 24.8. The first-order valence-electron chi connectivity index (χ1n) is 11.7. The molecule has 2 unspecified atom stereocenters. The van der Waals surface area contributed by atoms with Crippen molar-refractivity contribution in [3.8, 4) is 0 Å². The molecule has 2 rings (SSSR count). The Morgan fingerprint density at radius 2 is 0.939 bits per heavy atom. The van der Waals surface area contributed by atoms with Crippen molar-refractivity contribution in [3.63, 3.8) is 0 Å². The number of hydrogen-bond acceptors (Lipinski definition) is 3. The van der Waals surface area contributed by atoms with Crippen LogP contribution < -0.4 is 0 Å². The van der Waals surface area contributed by atoms with Gasteiger partial charge in [0.15, 0.2) is 0 Å². The van der Waals surface area contributed by atoms with Gasteiger partial charge in [0, 0.05) is 0 Å². The summed E-state index contributed by atoms with van der Waals surface area (Å²) in [6.45, 7) is 18.7. The van der Waals surface area contributed by atoms with Crippen LogP contribution in [0.1, 0.15) is 88.8 Å². The summed E-state index contributed by atoms with van der Waals surface area (Å²) in [5.41, 5.74) is 7.76. The van der Waals surface area contributed by atoms with Gasteiger partial charge in [0.05, 0.1) is 13.2 Å². The Labute approximate surface area is 217 Å². The molecule has 3 nitrogen and oxygen atoms in total. The maximum absolute atomic E-state index is 5.90. The predicted molar refractivity (Wildman–Crippen MR) is 145 cm³/mol. The largest absolute Gasteiger partial charge is 0.338 e. The highest BCUT2D eigenvalue weighted by Gasteiger charge is 2.18. The lowest BCUT2D eigenvalue weighted by atomic mass is 9.85. The Hall–Kier alpha value is -0.720. The van der Waals surface area contributed by atoms with Crippen molar-refractivity contribution in [2.45, 2.75) is 103 Å². The monoisotopic (exact) mass is 582 g/mol. The molecule has 0 N–H and O–H groups in total. The summed E-state index contributed by atoms with van der Waals surface area (Å²) in [4.78, 5) is 0. The number of rotatable bonds is 10. The molecule has 0 aliphatic carbocycles. The lowest BCUT2D eigenvalue weighted by Crippen LogP contribution is -2.19. The molecule has 33 heavy (non-hydrogen) atoms. The minimum atomic E-state index is -0.586. The first-order valence-corrected chi connectivity index (χ1v) is 13.6. The van der Waals surface area contributed by atoms with E-state index in [-0.39, 0.29) is 10.8 Å². The SMILES string of the molecule is CCc1cc(COC(Br)OC(Br)OCc2cc(CC)cc(C(C)(C)C)c2)cc(C(C)(C)C)c1. The van der Waals surface area contributed by atoms with Gasteiger partial charge in [-0.15, -0.1) is 0 Å². The number of alkyl halides is 2. The van der Waals surface area contributed by atoms with E-state index in [0.717, 1.165) is 24.0 Å². The van der Waals surface area contributed by atoms with E-state index in [1.165, 1.54) is 22.3 Å². The van der Waals surface area contributed by atoms with E-state index >= 15 is 0 Å². The van der Waals surface area contributed by atoms with E-state index in [2.05, 4.69) is 124 Å². The van der Waals surface area contributed by atoms with Crippen molar-refractivity contribution in [2.75, 3.05) is 0 Å². The molecule has 0 amide bonds. The lowest BCUT2D eigenvalue weighted by molar-refractivity contribution is -0.171. The normalized spacial score (nSPS) is 14.4. The van der Waals surface area contributed by atoms with Crippen LogP contribution in [0.25, 0.3) is 0 Å². The zero-order valence-corrected chi connectivity index (χ0v) is 24.6. The van der Waals surface area contributed by atoms with Gasteiger partial charge in [-0.05, 0) is 88.9 Å². The van der Waals surface area contributed by atoms with Gasteiger partial charge in [-0.25, -0.2) is 0 Å². The summed E-state index contributed by atoms with van der Waals surface area (Å²) in [6, 6.07) is 13.4. The van der Waals surface area contributed by atoms with Gasteiger partial charge in [-0.1, -0.05) is 91.8 Å². The molecule has 0 heterocycles. The van der Waals surface area contributed by atoms with Crippen molar-refractivity contribution in [3.05, 3.63) is 69.8 Å². The topological polar surface area (TPSA) is 27.7 Å². The third kappa shape index (κ3) is 9.45. The fraction of sp³-hybridized carbons (Fsp3) is 0.571. The summed E-state index contributed by atoms with van der Waals surface area (Å²) in [5, 5.41) is -1.17. The standard InChI is InChI=1S/C28H40Br2O3/c1-9-19-11-21(15-23(13-19)27(3,4)5)17-31-25(29)33-26(30)32-18-22-12-20(10-2)14-24(16-22)28(6,7)8/h11-16,25-26H,9-10,17-18H2,1-8H3. The van der Waals surface area contributed by atoms with E-state index in [9.17, 15) is 0 Å². The van der Waals surface area contributed by atoms with Crippen LogP contribution in [-0.2, 0) is 51.1 Å². The summed E-state index contributed by atoms with van der Waals surface area (Å²) in [7, 11) is 0. The molecule has 0 aromatic heterocycles. The molecule has 2 aromatic carbocycles. The zero-order valence-electron chi connectivity index (χ0n) is 21.4. The highest BCUT2D eigenvalue weighted by molar-refractivity contribution is 9.10. The van der Waals surface area contributed by atoms with Gasteiger partial charge < -0.3 is 14.2 Å². The van der Waals surface area contributed by atoms with Crippen LogP contribution in [0.3, 0.4) is 0 Å². The fourth-order valence-electron chi connectivity index (χ4n) is 3.45. The second kappa shape index (κ2) is 12.3. The summed E-state index contributed by atoms with van der Waals surface area (Å²) in [5.74, 6) is 0. The molecule has 2 aromatic rings. The van der Waals surface area contributed by atoms with Gasteiger partial charge in [0.25, 0.3) is 0 Å². The summed E-state index contributed by atoms with van der Waals surface area (Å²) >= 11 is 6.92. The van der Waals surface area contributed by atoms with Crippen LogP contribution in [0.4, 0.5) is 0 Å². The molecule has 0 fully saturated rings. The maximum Gasteiger partial charge on any atom is 0.219 e. The molecular formula is C28H40Br2O3. The minimum Gasteiger partial charge on any atom is -0.338 e. The third-order valence-electron chi connectivity index (χ3n) is 5.63. The molecule has 5 heteroatoms. The molecule has 2 atom stereocenters. The maximum atomic E-state index is 5.90. The molecule has 0 radical (unpaired) electrons. The van der Waals surface area contributed by atoms with Crippen molar-refractivity contribution in [1.82, 2.24) is 0 Å². The average Bonchev–Trinajstić information content (AvgIpc) is 2.74. The highest BCUT2D eigenvalue weighted by atomic mass is 79.9. The Morgan fingerprint density at radius 3 is 1.24 bits per heavy atom. The molecule has 0 saturated heterocycles. The van der Waals surface area contributed by atoms with Crippen LogP contribution in [0, 0.1) is 0 Å². The Morgan fingerprint density at radius 1 is 0.606 bits per heavy atom. The third-order valence-corrected chi connectivity index (χ3v) is 6.59. The van der Waals surface area contributed by atoms with E-state index in [4.69, 9.17) is 14.2 Å². The summed E-state index contributed by atoms with van der Waals surface area (Å²) < 4.78 is 17.6. The number of aryl methyl sites for hydroxylation is 2. The number of hydrogen-bond donors (Lipinski definition) is 0. The fourth-order valence-corrected chi connectivity index (χ4v) is 4.40. The number of benzene rings is 2. The molecule has 0 saturated carbocycles. The van der Waals surface area contributed by atoms with Crippen LogP contribution in [0.5, 0.6) is 0 Å². The van der Waals surface area contributed by atoms with Gasteiger partial charge >= 0.3 is 0 Å². The molecular weight excluding hydrogens is 544 g/mol. The molecule has 0 aliphatic heterocycles. The number of ether oxygens (including phenoxy) is 3. The number of halogens is 2. The van der Waals surface area contributed by atoms with E-state index in [0.29, 0.717) is 13.2 Å². The van der Waals surface area contributed by atoms with Crippen molar-refractivity contribution < 1.29 is 14.2 Å². The first-order chi connectivity index (χ1) is 15.3. The van der Waals surface area contributed by atoms with Crippen molar-refractivity contribution in [2.24, 2.45) is 0 Å². The predicted octanol–water partition coefficient (Wildman–Crippen LogP) is 8.51. The van der Waals surface area contributed by atoms with E-state index < -0.39 is 10.4 Å². The van der Waals surface area contributed by atoms with Gasteiger partial charge in [0.2, 0.25) is 10.4 Å². The van der Waals surface area contributed by atoms with Gasteiger partial charge in [0.1, 0.15) is 0 Å². The summed E-state index contributed by atoms with van der Waals surface area (Å²) in [6.07, 6.45) is 2.00. The first kappa shape index (κ1) is 28.5.